The van der Waals surface area contributed by atoms with Crippen molar-refractivity contribution in [2.75, 3.05) is 32.1 Å². The van der Waals surface area contributed by atoms with Gasteiger partial charge >= 0.3 is 5.97 Å². The van der Waals surface area contributed by atoms with E-state index < -0.39 is 5.97 Å². The number of hydrogen-bond donors (Lipinski definition) is 1. The molecule has 0 radical (unpaired) electrons. The molecule has 2 aromatic carbocycles. The Hall–Kier alpha value is -3.35. The second kappa shape index (κ2) is 10.8. The second-order valence-corrected chi connectivity index (χ2v) is 6.36. The summed E-state index contributed by atoms with van der Waals surface area (Å²) in [5.41, 5.74) is 1.63. The van der Waals surface area contributed by atoms with Crippen molar-refractivity contribution in [3.8, 4) is 5.75 Å². The molecule has 1 N–H and O–H groups in total. The summed E-state index contributed by atoms with van der Waals surface area (Å²) >= 11 is 0. The number of esters is 1. The quantitative estimate of drug-likeness (QED) is 0.657. The van der Waals surface area contributed by atoms with Crippen LogP contribution in [0.15, 0.2) is 48.5 Å². The van der Waals surface area contributed by atoms with E-state index in [1.807, 2.05) is 24.3 Å². The standard InChI is InChI=1S/C22H26N2O5/c1-4-29-22(27)19-10-5-6-11-20(19)23-21(26)15-24(16(2)25)13-12-17-8-7-9-18(14-17)28-3/h5-11,14H,4,12-13,15H2,1-3H3,(H,23,26). The van der Waals surface area contributed by atoms with Crippen molar-refractivity contribution in [3.05, 3.63) is 59.7 Å². The number of carbonyl (C=O) groups is 3. The van der Waals surface area contributed by atoms with Gasteiger partial charge in [0, 0.05) is 13.5 Å². The molecule has 0 heterocycles. The van der Waals surface area contributed by atoms with Crippen molar-refractivity contribution in [1.29, 1.82) is 0 Å². The summed E-state index contributed by atoms with van der Waals surface area (Å²) in [4.78, 5) is 38.0. The molecule has 0 bridgehead atoms. The third-order valence-electron chi connectivity index (χ3n) is 4.28. The largest absolute Gasteiger partial charge is 0.497 e. The van der Waals surface area contributed by atoms with Crippen LogP contribution in [0.1, 0.15) is 29.8 Å². The molecule has 0 aliphatic heterocycles. The molecule has 0 fully saturated rings. The van der Waals surface area contributed by atoms with Gasteiger partial charge < -0.3 is 19.7 Å². The number of anilines is 1. The Kier molecular flexibility index (Phi) is 8.21. The van der Waals surface area contributed by atoms with Gasteiger partial charge in [-0.05, 0) is 43.2 Å². The predicted molar refractivity (Wildman–Crippen MR) is 110 cm³/mol. The Morgan fingerprint density at radius 3 is 2.52 bits per heavy atom. The van der Waals surface area contributed by atoms with Crippen LogP contribution in [-0.2, 0) is 20.7 Å². The van der Waals surface area contributed by atoms with Crippen molar-refractivity contribution < 1.29 is 23.9 Å². The molecule has 0 saturated heterocycles. The number of hydrogen-bond acceptors (Lipinski definition) is 5. The summed E-state index contributed by atoms with van der Waals surface area (Å²) in [5.74, 6) is -0.362. The van der Waals surface area contributed by atoms with E-state index in [1.165, 1.54) is 11.8 Å². The molecule has 0 aromatic heterocycles. The predicted octanol–water partition coefficient (Wildman–Crippen LogP) is 2.90. The van der Waals surface area contributed by atoms with E-state index in [-0.39, 0.29) is 30.5 Å². The van der Waals surface area contributed by atoms with Gasteiger partial charge in [-0.2, -0.15) is 0 Å². The summed E-state index contributed by atoms with van der Waals surface area (Å²) in [6, 6.07) is 14.2. The molecule has 2 aromatic rings. The topological polar surface area (TPSA) is 84.9 Å². The average Bonchev–Trinajstić information content (AvgIpc) is 2.71. The van der Waals surface area contributed by atoms with E-state index in [9.17, 15) is 14.4 Å². The Morgan fingerprint density at radius 2 is 1.83 bits per heavy atom. The van der Waals surface area contributed by atoms with Gasteiger partial charge in [0.2, 0.25) is 11.8 Å². The van der Waals surface area contributed by atoms with Gasteiger partial charge in [-0.15, -0.1) is 0 Å². The van der Waals surface area contributed by atoms with Crippen LogP contribution in [0.25, 0.3) is 0 Å². The maximum Gasteiger partial charge on any atom is 0.340 e. The SMILES string of the molecule is CCOC(=O)c1ccccc1NC(=O)CN(CCc1cccc(OC)c1)C(C)=O. The fraction of sp³-hybridized carbons (Fsp3) is 0.318. The van der Waals surface area contributed by atoms with Crippen LogP contribution in [0.2, 0.25) is 0 Å². The number of ether oxygens (including phenoxy) is 2. The van der Waals surface area contributed by atoms with Gasteiger partial charge in [-0.25, -0.2) is 4.79 Å². The highest BCUT2D eigenvalue weighted by atomic mass is 16.5. The summed E-state index contributed by atoms with van der Waals surface area (Å²) in [6.45, 7) is 3.65. The highest BCUT2D eigenvalue weighted by Crippen LogP contribution is 2.17. The number of carbonyl (C=O) groups excluding carboxylic acids is 3. The summed E-state index contributed by atoms with van der Waals surface area (Å²) < 4.78 is 10.2. The molecule has 29 heavy (non-hydrogen) atoms. The van der Waals surface area contributed by atoms with Crippen LogP contribution in [-0.4, -0.2) is 49.5 Å². The zero-order valence-corrected chi connectivity index (χ0v) is 16.9. The van der Waals surface area contributed by atoms with Crippen molar-refractivity contribution in [2.45, 2.75) is 20.3 Å². The first kappa shape index (κ1) is 21.9. The third kappa shape index (κ3) is 6.64. The molecular formula is C22H26N2O5. The first-order chi connectivity index (χ1) is 13.9. The molecule has 2 amide bonds. The Labute approximate surface area is 170 Å². The first-order valence-corrected chi connectivity index (χ1v) is 9.39. The van der Waals surface area contributed by atoms with Crippen molar-refractivity contribution in [2.24, 2.45) is 0 Å². The number of nitrogens with one attached hydrogen (secondary N) is 1. The van der Waals surface area contributed by atoms with E-state index in [1.54, 1.807) is 38.3 Å². The molecule has 0 unspecified atom stereocenters. The zero-order chi connectivity index (χ0) is 21.2. The van der Waals surface area contributed by atoms with Gasteiger partial charge in [0.15, 0.2) is 0 Å². The van der Waals surface area contributed by atoms with Crippen LogP contribution in [0.5, 0.6) is 5.75 Å². The molecule has 0 atom stereocenters. The van der Waals surface area contributed by atoms with Crippen LogP contribution in [0, 0.1) is 0 Å². The lowest BCUT2D eigenvalue weighted by Gasteiger charge is -2.21. The van der Waals surface area contributed by atoms with Gasteiger partial charge in [0.05, 0.1) is 31.5 Å². The number of para-hydroxylation sites is 1. The van der Waals surface area contributed by atoms with Gasteiger partial charge in [-0.3, -0.25) is 9.59 Å². The number of rotatable bonds is 9. The van der Waals surface area contributed by atoms with Gasteiger partial charge in [0.1, 0.15) is 5.75 Å². The van der Waals surface area contributed by atoms with Crippen LogP contribution in [0.3, 0.4) is 0 Å². The van der Waals surface area contributed by atoms with E-state index in [4.69, 9.17) is 9.47 Å². The maximum absolute atomic E-state index is 12.5. The molecule has 2 rings (SSSR count). The van der Waals surface area contributed by atoms with Crippen LogP contribution >= 0.6 is 0 Å². The number of methoxy groups -OCH3 is 1. The molecule has 0 aliphatic rings. The van der Waals surface area contributed by atoms with Gasteiger partial charge in [-0.1, -0.05) is 24.3 Å². The van der Waals surface area contributed by atoms with Gasteiger partial charge in [0.25, 0.3) is 0 Å². The normalized spacial score (nSPS) is 10.2. The number of amides is 2. The molecule has 0 spiro atoms. The van der Waals surface area contributed by atoms with Crippen molar-refractivity contribution in [1.82, 2.24) is 4.90 Å². The first-order valence-electron chi connectivity index (χ1n) is 9.39. The second-order valence-electron chi connectivity index (χ2n) is 6.36. The van der Waals surface area contributed by atoms with E-state index >= 15 is 0 Å². The molecule has 7 heteroatoms. The summed E-state index contributed by atoms with van der Waals surface area (Å²) in [7, 11) is 1.60. The minimum atomic E-state index is -0.509. The lowest BCUT2D eigenvalue weighted by atomic mass is 10.1. The summed E-state index contributed by atoms with van der Waals surface area (Å²) in [5, 5.41) is 2.70. The van der Waals surface area contributed by atoms with E-state index in [2.05, 4.69) is 5.32 Å². The van der Waals surface area contributed by atoms with Crippen molar-refractivity contribution >= 4 is 23.5 Å². The Bertz CT molecular complexity index is 866. The average molecular weight is 398 g/mol. The monoisotopic (exact) mass is 398 g/mol. The zero-order valence-electron chi connectivity index (χ0n) is 16.9. The van der Waals surface area contributed by atoms with Crippen LogP contribution in [0.4, 0.5) is 5.69 Å². The maximum atomic E-state index is 12.5. The lowest BCUT2D eigenvalue weighted by molar-refractivity contribution is -0.132. The fourth-order valence-corrected chi connectivity index (χ4v) is 2.78. The van der Waals surface area contributed by atoms with E-state index in [0.29, 0.717) is 18.7 Å². The summed E-state index contributed by atoms with van der Waals surface area (Å²) in [6.07, 6.45) is 0.587. The highest BCUT2D eigenvalue weighted by molar-refractivity contribution is 6.02. The molecule has 0 aliphatic carbocycles. The highest BCUT2D eigenvalue weighted by Gasteiger charge is 2.17. The van der Waals surface area contributed by atoms with Crippen molar-refractivity contribution in [3.63, 3.8) is 0 Å². The molecular weight excluding hydrogens is 372 g/mol. The smallest absolute Gasteiger partial charge is 0.340 e. The minimum Gasteiger partial charge on any atom is -0.497 e. The minimum absolute atomic E-state index is 0.115. The Morgan fingerprint density at radius 1 is 1.07 bits per heavy atom. The fourth-order valence-electron chi connectivity index (χ4n) is 2.78. The Balaban J connectivity index is 2.01. The van der Waals surface area contributed by atoms with Crippen LogP contribution < -0.4 is 10.1 Å². The third-order valence-corrected chi connectivity index (χ3v) is 4.28. The lowest BCUT2D eigenvalue weighted by Crippen LogP contribution is -2.38. The molecule has 7 nitrogen and oxygen atoms in total. The number of benzene rings is 2. The number of nitrogens with zero attached hydrogens (tertiary/aromatic N) is 1. The molecule has 154 valence electrons. The van der Waals surface area contributed by atoms with E-state index in [0.717, 1.165) is 11.3 Å². The molecule has 0 saturated carbocycles.